The molecule has 0 heterocycles. The summed E-state index contributed by atoms with van der Waals surface area (Å²) in [6.45, 7) is 6.86. The highest BCUT2D eigenvalue weighted by molar-refractivity contribution is 5.53. The highest BCUT2D eigenvalue weighted by Crippen LogP contribution is 2.27. The number of carbonyl (C=O) groups is 1. The van der Waals surface area contributed by atoms with E-state index in [1.54, 1.807) is 0 Å². The number of aliphatic hydroxyl groups excluding tert-OH is 1. The summed E-state index contributed by atoms with van der Waals surface area (Å²) < 4.78 is 0. The molecule has 0 saturated heterocycles. The van der Waals surface area contributed by atoms with Crippen LogP contribution in [0, 0.1) is 18.4 Å². The number of carbonyl (C=O) groups excluding carboxylic acids is 1. The molecular weight excluding hydrogens is 226 g/mol. The Labute approximate surface area is 111 Å². The summed E-state index contributed by atoms with van der Waals surface area (Å²) in [5, 5.41) is 9.34. The first-order valence-electron chi connectivity index (χ1n) is 6.74. The molecule has 0 aromatic rings. The van der Waals surface area contributed by atoms with Crippen LogP contribution in [0.5, 0.6) is 0 Å². The standard InChI is InChI=1S/C8H13NO.C6H10O.CH4/c1-9-6-8(10)7-4-2-3-5-7;7-5-6-3-1-2-4-6;/h7-8,10H,2-6H2;5-6H,1-4H2;1H4. The van der Waals surface area contributed by atoms with Crippen LogP contribution in [0.15, 0.2) is 0 Å². The molecule has 0 spiro atoms. The molecule has 2 fully saturated rings. The molecule has 0 aromatic heterocycles. The minimum atomic E-state index is -0.347. The van der Waals surface area contributed by atoms with E-state index in [4.69, 9.17) is 6.57 Å². The molecule has 0 amide bonds. The molecule has 18 heavy (non-hydrogen) atoms. The van der Waals surface area contributed by atoms with Gasteiger partial charge >= 0.3 is 0 Å². The van der Waals surface area contributed by atoms with Gasteiger partial charge in [-0.3, -0.25) is 0 Å². The van der Waals surface area contributed by atoms with Crippen LogP contribution in [0.25, 0.3) is 4.85 Å². The average molecular weight is 253 g/mol. The Morgan fingerprint density at radius 1 is 1.17 bits per heavy atom. The molecule has 3 heteroatoms. The van der Waals surface area contributed by atoms with Gasteiger partial charge in [0.05, 0.1) is 0 Å². The summed E-state index contributed by atoms with van der Waals surface area (Å²) in [6.07, 6.45) is 10.3. The second-order valence-corrected chi connectivity index (χ2v) is 5.13. The molecule has 3 nitrogen and oxygen atoms in total. The Morgan fingerprint density at radius 2 is 1.67 bits per heavy atom. The van der Waals surface area contributed by atoms with Crippen molar-refractivity contribution in [1.29, 1.82) is 0 Å². The Morgan fingerprint density at radius 3 is 2.06 bits per heavy atom. The molecule has 2 aliphatic rings. The molecule has 0 aliphatic heterocycles. The predicted molar refractivity (Wildman–Crippen MR) is 74.2 cm³/mol. The molecule has 2 saturated carbocycles. The molecule has 1 N–H and O–H groups in total. The van der Waals surface area contributed by atoms with E-state index in [1.807, 2.05) is 0 Å². The van der Waals surface area contributed by atoms with Crippen molar-refractivity contribution in [2.24, 2.45) is 11.8 Å². The maximum atomic E-state index is 10.0. The molecule has 2 rings (SSSR count). The van der Waals surface area contributed by atoms with Crippen molar-refractivity contribution in [3.05, 3.63) is 11.4 Å². The van der Waals surface area contributed by atoms with E-state index in [1.165, 1.54) is 25.7 Å². The van der Waals surface area contributed by atoms with Crippen LogP contribution >= 0.6 is 0 Å². The van der Waals surface area contributed by atoms with Gasteiger partial charge in [0, 0.05) is 5.92 Å². The van der Waals surface area contributed by atoms with Crippen molar-refractivity contribution in [1.82, 2.24) is 0 Å². The lowest BCUT2D eigenvalue weighted by atomic mass is 10.0. The van der Waals surface area contributed by atoms with Crippen LogP contribution in [-0.4, -0.2) is 24.0 Å². The van der Waals surface area contributed by atoms with Crippen LogP contribution in [-0.2, 0) is 4.79 Å². The number of hydrogen-bond acceptors (Lipinski definition) is 2. The van der Waals surface area contributed by atoms with Crippen molar-refractivity contribution in [3.8, 4) is 0 Å². The number of aldehydes is 1. The molecule has 2 aliphatic carbocycles. The Balaban J connectivity index is 0.000000321. The van der Waals surface area contributed by atoms with Gasteiger partial charge in [-0.05, 0) is 31.6 Å². The summed E-state index contributed by atoms with van der Waals surface area (Å²) in [4.78, 5) is 13.2. The normalized spacial score (nSPS) is 21.3. The largest absolute Gasteiger partial charge is 0.385 e. The van der Waals surface area contributed by atoms with Gasteiger partial charge < -0.3 is 14.7 Å². The highest BCUT2D eigenvalue weighted by atomic mass is 16.3. The van der Waals surface area contributed by atoms with Crippen molar-refractivity contribution in [3.63, 3.8) is 0 Å². The summed E-state index contributed by atoms with van der Waals surface area (Å²) in [6, 6.07) is 0. The van der Waals surface area contributed by atoms with E-state index in [-0.39, 0.29) is 13.5 Å². The second-order valence-electron chi connectivity index (χ2n) is 5.13. The van der Waals surface area contributed by atoms with Gasteiger partial charge in [0.1, 0.15) is 12.4 Å². The van der Waals surface area contributed by atoms with Gasteiger partial charge in [-0.25, -0.2) is 6.57 Å². The van der Waals surface area contributed by atoms with Crippen LogP contribution in [0.3, 0.4) is 0 Å². The minimum absolute atomic E-state index is 0. The molecular formula is C15H27NO2. The lowest BCUT2D eigenvalue weighted by Crippen LogP contribution is -2.19. The van der Waals surface area contributed by atoms with Crippen LogP contribution < -0.4 is 0 Å². The zero-order valence-corrected chi connectivity index (χ0v) is 10.5. The Hall–Kier alpha value is -0.880. The molecule has 1 atom stereocenters. The van der Waals surface area contributed by atoms with Crippen LogP contribution in [0.4, 0.5) is 0 Å². The van der Waals surface area contributed by atoms with E-state index in [0.29, 0.717) is 18.4 Å². The Bertz CT molecular complexity index is 248. The number of nitrogens with zero attached hydrogens (tertiary/aromatic N) is 1. The van der Waals surface area contributed by atoms with Gasteiger partial charge in [0.15, 0.2) is 0 Å². The van der Waals surface area contributed by atoms with Crippen molar-refractivity contribution in [2.45, 2.75) is 64.9 Å². The zero-order valence-electron chi connectivity index (χ0n) is 10.5. The van der Waals surface area contributed by atoms with E-state index in [2.05, 4.69) is 4.85 Å². The molecule has 0 radical (unpaired) electrons. The first kappa shape index (κ1) is 17.1. The summed E-state index contributed by atoms with van der Waals surface area (Å²) in [5.74, 6) is 0.842. The zero-order chi connectivity index (χ0) is 12.5. The third-order valence-corrected chi connectivity index (χ3v) is 3.81. The fourth-order valence-electron chi connectivity index (χ4n) is 2.68. The molecule has 104 valence electrons. The molecule has 0 bridgehead atoms. The predicted octanol–water partition coefficient (Wildman–Crippen LogP) is 3.47. The smallest absolute Gasteiger partial charge is 0.240 e. The summed E-state index contributed by atoms with van der Waals surface area (Å²) >= 11 is 0. The molecule has 0 aromatic carbocycles. The first-order valence-corrected chi connectivity index (χ1v) is 6.74. The number of aliphatic hydroxyl groups is 1. The van der Waals surface area contributed by atoms with Gasteiger partial charge in [0.25, 0.3) is 0 Å². The van der Waals surface area contributed by atoms with E-state index in [0.717, 1.165) is 32.0 Å². The van der Waals surface area contributed by atoms with Gasteiger partial charge in [-0.2, -0.15) is 0 Å². The van der Waals surface area contributed by atoms with Gasteiger partial charge in [-0.1, -0.05) is 33.1 Å². The summed E-state index contributed by atoms with van der Waals surface area (Å²) in [7, 11) is 0. The van der Waals surface area contributed by atoms with Crippen LogP contribution in [0.1, 0.15) is 58.8 Å². The van der Waals surface area contributed by atoms with Gasteiger partial charge in [0.2, 0.25) is 6.54 Å². The lowest BCUT2D eigenvalue weighted by Gasteiger charge is -2.10. The summed E-state index contributed by atoms with van der Waals surface area (Å²) in [5.41, 5.74) is 0. The van der Waals surface area contributed by atoms with E-state index in [9.17, 15) is 9.90 Å². The minimum Gasteiger partial charge on any atom is -0.385 e. The monoisotopic (exact) mass is 253 g/mol. The van der Waals surface area contributed by atoms with E-state index >= 15 is 0 Å². The Kier molecular flexibility index (Phi) is 9.59. The third-order valence-electron chi connectivity index (χ3n) is 3.81. The van der Waals surface area contributed by atoms with Crippen molar-refractivity contribution in [2.75, 3.05) is 6.54 Å². The SMILES string of the molecule is C.O=CC1CCCC1.[C-]#[N+]CC(O)C1CCCC1. The number of rotatable bonds is 3. The first-order chi connectivity index (χ1) is 8.27. The maximum Gasteiger partial charge on any atom is 0.240 e. The fourth-order valence-corrected chi connectivity index (χ4v) is 2.68. The quantitative estimate of drug-likeness (QED) is 0.618. The molecule has 1 unspecified atom stereocenters. The number of hydrogen-bond donors (Lipinski definition) is 1. The maximum absolute atomic E-state index is 10.0. The fraction of sp³-hybridized carbons (Fsp3) is 0.867. The highest BCUT2D eigenvalue weighted by Gasteiger charge is 2.24. The van der Waals surface area contributed by atoms with Gasteiger partial charge in [-0.15, -0.1) is 0 Å². The van der Waals surface area contributed by atoms with Crippen molar-refractivity contribution >= 4 is 6.29 Å². The average Bonchev–Trinajstić information content (AvgIpc) is 3.03. The lowest BCUT2D eigenvalue weighted by molar-refractivity contribution is -0.110. The second kappa shape index (κ2) is 10.1. The van der Waals surface area contributed by atoms with Crippen molar-refractivity contribution < 1.29 is 9.90 Å². The third kappa shape index (κ3) is 6.16. The topological polar surface area (TPSA) is 41.7 Å². The van der Waals surface area contributed by atoms with Crippen LogP contribution in [0.2, 0.25) is 0 Å². The van der Waals surface area contributed by atoms with E-state index < -0.39 is 0 Å².